The first-order valence-electron chi connectivity index (χ1n) is 9.85. The highest BCUT2D eigenvalue weighted by molar-refractivity contribution is 7.11. The Morgan fingerprint density at radius 3 is 2.73 bits per heavy atom. The number of rotatable bonds is 10. The van der Waals surface area contributed by atoms with Gasteiger partial charge in [0, 0.05) is 24.8 Å². The number of carbonyl (C=O) groups excluding carboxylic acids is 1. The van der Waals surface area contributed by atoms with Crippen molar-refractivity contribution in [2.45, 2.75) is 20.0 Å². The van der Waals surface area contributed by atoms with Gasteiger partial charge in [-0.15, -0.1) is 0 Å². The zero-order chi connectivity index (χ0) is 23.8. The van der Waals surface area contributed by atoms with Crippen molar-refractivity contribution in [2.75, 3.05) is 23.7 Å². The van der Waals surface area contributed by atoms with Crippen LogP contribution >= 0.6 is 11.5 Å². The van der Waals surface area contributed by atoms with Crippen LogP contribution in [0.15, 0.2) is 36.5 Å². The van der Waals surface area contributed by atoms with Gasteiger partial charge in [-0.2, -0.15) is 4.37 Å². The fourth-order valence-electron chi connectivity index (χ4n) is 2.71. The third-order valence-electron chi connectivity index (χ3n) is 4.40. The number of hydrogen-bond donors (Lipinski definition) is 4. The van der Waals surface area contributed by atoms with Crippen molar-refractivity contribution >= 4 is 34.4 Å². The summed E-state index contributed by atoms with van der Waals surface area (Å²) >= 11 is 0.703. The van der Waals surface area contributed by atoms with Gasteiger partial charge in [0.05, 0.1) is 0 Å². The number of carboxylic acid groups (broad SMARTS) is 1. The topological polar surface area (TPSA) is 125 Å². The van der Waals surface area contributed by atoms with Crippen molar-refractivity contribution in [1.29, 1.82) is 0 Å². The van der Waals surface area contributed by atoms with Gasteiger partial charge in [-0.25, -0.2) is 23.4 Å². The number of nitrogens with zero attached hydrogens (tertiary/aromatic N) is 2. The zero-order valence-corrected chi connectivity index (χ0v) is 18.3. The molecular formula is C21H21F2N5O4S. The van der Waals surface area contributed by atoms with Crippen LogP contribution in [0.3, 0.4) is 0 Å². The molecule has 3 rings (SSSR count). The summed E-state index contributed by atoms with van der Waals surface area (Å²) in [6.45, 7) is 1.90. The standard InChI is InChI=1S/C21H21F2N5O4S/c1-12-9-15(23)13(10-14(12)22)11-32-18-17(20(29)30)19(33-28-18)27-21(31)26-8-4-7-25-16-5-2-3-6-24-16/h2-3,5-6,9-10H,4,7-8,11H2,1H3,(H,24,25)(H,29,30)(H2,26,27,31). The molecule has 9 nitrogen and oxygen atoms in total. The van der Waals surface area contributed by atoms with Crippen LogP contribution in [-0.4, -0.2) is 39.6 Å². The number of anilines is 2. The summed E-state index contributed by atoms with van der Waals surface area (Å²) in [5.74, 6) is -2.26. The maximum Gasteiger partial charge on any atom is 0.344 e. The Bertz CT molecular complexity index is 1130. The molecule has 2 heterocycles. The third kappa shape index (κ3) is 6.59. The smallest absolute Gasteiger partial charge is 0.344 e. The van der Waals surface area contributed by atoms with Crippen molar-refractivity contribution < 1.29 is 28.2 Å². The van der Waals surface area contributed by atoms with Crippen LogP contribution in [0.2, 0.25) is 0 Å². The van der Waals surface area contributed by atoms with E-state index < -0.39 is 30.2 Å². The molecule has 2 amide bonds. The van der Waals surface area contributed by atoms with Crippen LogP contribution in [0, 0.1) is 18.6 Å². The summed E-state index contributed by atoms with van der Waals surface area (Å²) in [6, 6.07) is 6.86. The number of benzene rings is 1. The highest BCUT2D eigenvalue weighted by atomic mass is 32.1. The monoisotopic (exact) mass is 477 g/mol. The normalized spacial score (nSPS) is 10.5. The van der Waals surface area contributed by atoms with E-state index in [9.17, 15) is 23.5 Å². The van der Waals surface area contributed by atoms with Crippen LogP contribution in [-0.2, 0) is 6.61 Å². The SMILES string of the molecule is Cc1cc(F)c(COc2nsc(NC(=O)NCCCNc3ccccn3)c2C(=O)O)cc1F. The number of amides is 2. The van der Waals surface area contributed by atoms with Gasteiger partial charge in [0.1, 0.15) is 29.1 Å². The molecule has 0 unspecified atom stereocenters. The highest BCUT2D eigenvalue weighted by Crippen LogP contribution is 2.31. The molecule has 33 heavy (non-hydrogen) atoms. The summed E-state index contributed by atoms with van der Waals surface area (Å²) < 4.78 is 36.9. The molecule has 0 spiro atoms. The van der Waals surface area contributed by atoms with Gasteiger partial charge in [-0.3, -0.25) is 5.32 Å². The number of urea groups is 1. The molecule has 0 aliphatic rings. The van der Waals surface area contributed by atoms with Gasteiger partial charge in [-0.05, 0) is 54.7 Å². The molecule has 0 aliphatic heterocycles. The second-order valence-corrected chi connectivity index (χ2v) is 7.63. The Labute approximate surface area is 192 Å². The van der Waals surface area contributed by atoms with Crippen LogP contribution in [0.25, 0.3) is 0 Å². The van der Waals surface area contributed by atoms with Crippen molar-refractivity contribution in [3.05, 3.63) is 64.9 Å². The van der Waals surface area contributed by atoms with E-state index in [1.165, 1.54) is 6.92 Å². The molecule has 0 saturated carbocycles. The first-order valence-corrected chi connectivity index (χ1v) is 10.6. The van der Waals surface area contributed by atoms with Crippen LogP contribution < -0.4 is 20.7 Å². The van der Waals surface area contributed by atoms with Crippen LogP contribution in [0.1, 0.15) is 27.9 Å². The Hall–Kier alpha value is -3.80. The number of hydrogen-bond acceptors (Lipinski definition) is 7. The average Bonchev–Trinajstić information content (AvgIpc) is 3.18. The van der Waals surface area contributed by atoms with Gasteiger partial charge in [-0.1, -0.05) is 6.07 Å². The Balaban J connectivity index is 1.52. The van der Waals surface area contributed by atoms with E-state index in [-0.39, 0.29) is 27.6 Å². The van der Waals surface area contributed by atoms with Crippen molar-refractivity contribution in [3.8, 4) is 5.88 Å². The van der Waals surface area contributed by atoms with E-state index in [0.29, 0.717) is 31.0 Å². The predicted octanol–water partition coefficient (Wildman–Crippen LogP) is 4.03. The number of aryl methyl sites for hydroxylation is 1. The Morgan fingerprint density at radius 2 is 2.00 bits per heavy atom. The maximum atomic E-state index is 14.0. The largest absolute Gasteiger partial charge is 0.477 e. The fraction of sp³-hybridized carbons (Fsp3) is 0.238. The maximum absolute atomic E-state index is 14.0. The van der Waals surface area contributed by atoms with Gasteiger partial charge >= 0.3 is 12.0 Å². The molecule has 3 aromatic rings. The number of ether oxygens (including phenoxy) is 1. The number of aromatic nitrogens is 2. The molecule has 0 atom stereocenters. The molecule has 0 saturated heterocycles. The molecule has 0 aliphatic carbocycles. The quantitative estimate of drug-likeness (QED) is 0.325. The van der Waals surface area contributed by atoms with Crippen LogP contribution in [0.4, 0.5) is 24.4 Å². The molecule has 2 aromatic heterocycles. The van der Waals surface area contributed by atoms with Crippen molar-refractivity contribution in [1.82, 2.24) is 14.7 Å². The Morgan fingerprint density at radius 1 is 1.18 bits per heavy atom. The lowest BCUT2D eigenvalue weighted by Crippen LogP contribution is -2.30. The summed E-state index contributed by atoms with van der Waals surface area (Å²) in [5, 5.41) is 17.6. The summed E-state index contributed by atoms with van der Waals surface area (Å²) in [6.07, 6.45) is 2.27. The minimum absolute atomic E-state index is 0.0443. The molecular weight excluding hydrogens is 456 g/mol. The van der Waals surface area contributed by atoms with E-state index >= 15 is 0 Å². The number of halogens is 2. The molecule has 174 valence electrons. The van der Waals surface area contributed by atoms with E-state index in [1.807, 2.05) is 12.1 Å². The van der Waals surface area contributed by atoms with Gasteiger partial charge < -0.3 is 20.5 Å². The molecule has 1 aromatic carbocycles. The summed E-state index contributed by atoms with van der Waals surface area (Å²) in [4.78, 5) is 27.9. The number of carbonyl (C=O) groups is 2. The number of aromatic carboxylic acids is 1. The van der Waals surface area contributed by atoms with Crippen LogP contribution in [0.5, 0.6) is 5.88 Å². The van der Waals surface area contributed by atoms with Gasteiger partial charge in [0.2, 0.25) is 5.88 Å². The predicted molar refractivity (Wildman–Crippen MR) is 119 cm³/mol. The average molecular weight is 477 g/mol. The number of pyridine rings is 1. The lowest BCUT2D eigenvalue weighted by atomic mass is 10.1. The van der Waals surface area contributed by atoms with E-state index in [4.69, 9.17) is 4.74 Å². The molecule has 0 bridgehead atoms. The molecule has 0 fully saturated rings. The van der Waals surface area contributed by atoms with E-state index in [0.717, 1.165) is 18.0 Å². The number of carboxylic acids is 1. The molecule has 0 radical (unpaired) electrons. The summed E-state index contributed by atoms with van der Waals surface area (Å²) in [5.41, 5.74) is -0.324. The lowest BCUT2D eigenvalue weighted by Gasteiger charge is -2.09. The van der Waals surface area contributed by atoms with Crippen molar-refractivity contribution in [2.24, 2.45) is 0 Å². The zero-order valence-electron chi connectivity index (χ0n) is 17.5. The second kappa shape index (κ2) is 11.2. The third-order valence-corrected chi connectivity index (χ3v) is 5.15. The summed E-state index contributed by atoms with van der Waals surface area (Å²) in [7, 11) is 0. The number of nitrogens with one attached hydrogen (secondary N) is 3. The molecule has 4 N–H and O–H groups in total. The van der Waals surface area contributed by atoms with Crippen molar-refractivity contribution in [3.63, 3.8) is 0 Å². The minimum Gasteiger partial charge on any atom is -0.477 e. The van der Waals surface area contributed by atoms with Gasteiger partial charge in [0.25, 0.3) is 0 Å². The Kier molecular flexibility index (Phi) is 8.08. The highest BCUT2D eigenvalue weighted by Gasteiger charge is 2.24. The van der Waals surface area contributed by atoms with E-state index in [2.05, 4.69) is 25.3 Å². The second-order valence-electron chi connectivity index (χ2n) is 6.85. The van der Waals surface area contributed by atoms with E-state index in [1.54, 1.807) is 12.3 Å². The minimum atomic E-state index is -1.39. The first-order chi connectivity index (χ1) is 15.8. The first kappa shape index (κ1) is 23.9. The fourth-order valence-corrected chi connectivity index (χ4v) is 3.44. The van der Waals surface area contributed by atoms with Gasteiger partial charge in [0.15, 0.2) is 5.56 Å². The molecule has 12 heteroatoms. The lowest BCUT2D eigenvalue weighted by molar-refractivity contribution is 0.0693.